The van der Waals surface area contributed by atoms with Crippen molar-refractivity contribution in [3.05, 3.63) is 96.4 Å². The van der Waals surface area contributed by atoms with Crippen LogP contribution in [-0.4, -0.2) is 20.7 Å². The van der Waals surface area contributed by atoms with Gasteiger partial charge >= 0.3 is 0 Å². The fourth-order valence-corrected chi connectivity index (χ4v) is 3.28. The summed E-state index contributed by atoms with van der Waals surface area (Å²) in [5.41, 5.74) is 6.23. The maximum Gasteiger partial charge on any atom is 0.224 e. The second kappa shape index (κ2) is 8.52. The quantitative estimate of drug-likeness (QED) is 0.548. The van der Waals surface area contributed by atoms with Crippen molar-refractivity contribution < 1.29 is 4.79 Å². The van der Waals surface area contributed by atoms with E-state index in [0.29, 0.717) is 13.0 Å². The Morgan fingerprint density at radius 3 is 2.38 bits per heavy atom. The van der Waals surface area contributed by atoms with Gasteiger partial charge in [0.2, 0.25) is 5.91 Å². The first-order chi connectivity index (χ1) is 14.2. The minimum atomic E-state index is -0.0107. The van der Waals surface area contributed by atoms with Crippen LogP contribution in [0.25, 0.3) is 22.4 Å². The number of hydrogen-bond donors (Lipinski definition) is 1. The Balaban J connectivity index is 1.35. The second-order valence-electron chi connectivity index (χ2n) is 6.94. The fourth-order valence-electron chi connectivity index (χ4n) is 3.28. The van der Waals surface area contributed by atoms with Crippen LogP contribution in [0.15, 0.2) is 85.3 Å². The smallest absolute Gasteiger partial charge is 0.224 e. The fraction of sp³-hybridized carbons (Fsp3) is 0.125. The summed E-state index contributed by atoms with van der Waals surface area (Å²) in [5.74, 6) is -0.0107. The van der Waals surface area contributed by atoms with Crippen LogP contribution < -0.4 is 5.32 Å². The second-order valence-corrected chi connectivity index (χ2v) is 6.94. The molecule has 0 aliphatic carbocycles. The van der Waals surface area contributed by atoms with Gasteiger partial charge in [0.15, 0.2) is 0 Å². The van der Waals surface area contributed by atoms with E-state index in [0.717, 1.165) is 27.9 Å². The predicted molar refractivity (Wildman–Crippen MR) is 114 cm³/mol. The molecule has 4 rings (SSSR count). The highest BCUT2D eigenvalue weighted by Gasteiger charge is 2.07. The van der Waals surface area contributed by atoms with Gasteiger partial charge in [-0.2, -0.15) is 5.10 Å². The SMILES string of the molecule is Cn1nccc1-c1cncc(CNC(=O)Cc2ccc(-c3ccccc3)cc2)c1. The number of hydrogen-bond acceptors (Lipinski definition) is 3. The van der Waals surface area contributed by atoms with Crippen molar-refractivity contribution in [1.82, 2.24) is 20.1 Å². The van der Waals surface area contributed by atoms with E-state index in [1.807, 2.05) is 49.5 Å². The standard InChI is InChI=1S/C24H22N4O/c1-28-23(11-12-27-28)22-13-19(15-25-17-22)16-26-24(29)14-18-7-9-21(10-8-18)20-5-3-2-4-6-20/h2-13,15,17H,14,16H2,1H3,(H,26,29). The van der Waals surface area contributed by atoms with E-state index in [1.165, 1.54) is 5.56 Å². The molecule has 0 unspecified atom stereocenters. The molecule has 4 aromatic rings. The number of benzene rings is 2. The van der Waals surface area contributed by atoms with Crippen LogP contribution in [0.2, 0.25) is 0 Å². The Morgan fingerprint density at radius 1 is 0.897 bits per heavy atom. The summed E-state index contributed by atoms with van der Waals surface area (Å²) >= 11 is 0. The molecule has 5 heteroatoms. The van der Waals surface area contributed by atoms with Crippen molar-refractivity contribution in [3.8, 4) is 22.4 Å². The molecule has 0 bridgehead atoms. The monoisotopic (exact) mass is 382 g/mol. The first-order valence-corrected chi connectivity index (χ1v) is 9.52. The van der Waals surface area contributed by atoms with Crippen molar-refractivity contribution in [2.75, 3.05) is 0 Å². The number of amides is 1. The van der Waals surface area contributed by atoms with E-state index in [9.17, 15) is 4.79 Å². The first-order valence-electron chi connectivity index (χ1n) is 9.52. The van der Waals surface area contributed by atoms with Gasteiger partial charge in [-0.1, -0.05) is 54.6 Å². The van der Waals surface area contributed by atoms with Gasteiger partial charge in [-0.3, -0.25) is 14.5 Å². The van der Waals surface area contributed by atoms with Gasteiger partial charge < -0.3 is 5.32 Å². The van der Waals surface area contributed by atoms with Crippen molar-refractivity contribution in [2.45, 2.75) is 13.0 Å². The molecule has 2 heterocycles. The molecule has 29 heavy (non-hydrogen) atoms. The van der Waals surface area contributed by atoms with Gasteiger partial charge in [-0.05, 0) is 34.4 Å². The van der Waals surface area contributed by atoms with Crippen LogP contribution in [0.3, 0.4) is 0 Å². The lowest BCUT2D eigenvalue weighted by Crippen LogP contribution is -2.24. The van der Waals surface area contributed by atoms with Crippen molar-refractivity contribution in [1.29, 1.82) is 0 Å². The zero-order valence-electron chi connectivity index (χ0n) is 16.2. The zero-order chi connectivity index (χ0) is 20.1. The van der Waals surface area contributed by atoms with E-state index in [-0.39, 0.29) is 5.91 Å². The molecule has 0 fully saturated rings. The number of pyridine rings is 1. The number of carbonyl (C=O) groups excluding carboxylic acids is 1. The normalized spacial score (nSPS) is 10.7. The number of aromatic nitrogens is 3. The highest BCUT2D eigenvalue weighted by molar-refractivity contribution is 5.79. The maximum atomic E-state index is 12.4. The largest absolute Gasteiger partial charge is 0.352 e. The van der Waals surface area contributed by atoms with E-state index < -0.39 is 0 Å². The van der Waals surface area contributed by atoms with Crippen LogP contribution >= 0.6 is 0 Å². The third kappa shape index (κ3) is 4.58. The number of aryl methyl sites for hydroxylation is 1. The number of carbonyl (C=O) groups is 1. The molecule has 1 N–H and O–H groups in total. The average Bonchev–Trinajstić information content (AvgIpc) is 3.20. The Bertz CT molecular complexity index is 1100. The predicted octanol–water partition coefficient (Wildman–Crippen LogP) is 4.01. The molecule has 0 saturated carbocycles. The number of rotatable bonds is 6. The summed E-state index contributed by atoms with van der Waals surface area (Å²) in [7, 11) is 1.90. The summed E-state index contributed by atoms with van der Waals surface area (Å²) in [4.78, 5) is 16.7. The van der Waals surface area contributed by atoms with Gasteiger partial charge in [0, 0.05) is 37.7 Å². The molecule has 2 aromatic heterocycles. The average molecular weight is 382 g/mol. The Labute approximate surface area is 170 Å². The van der Waals surface area contributed by atoms with Crippen LogP contribution in [0.1, 0.15) is 11.1 Å². The summed E-state index contributed by atoms with van der Waals surface area (Å²) in [6.07, 6.45) is 5.68. The number of nitrogens with zero attached hydrogens (tertiary/aromatic N) is 3. The van der Waals surface area contributed by atoms with Crippen molar-refractivity contribution >= 4 is 5.91 Å². The van der Waals surface area contributed by atoms with Gasteiger partial charge in [0.05, 0.1) is 12.1 Å². The Kier molecular flexibility index (Phi) is 5.47. The van der Waals surface area contributed by atoms with Crippen molar-refractivity contribution in [2.24, 2.45) is 7.05 Å². The molecule has 0 saturated heterocycles. The first kappa shape index (κ1) is 18.6. The van der Waals surface area contributed by atoms with Crippen molar-refractivity contribution in [3.63, 3.8) is 0 Å². The Morgan fingerprint density at radius 2 is 1.66 bits per heavy atom. The molecule has 0 radical (unpaired) electrons. The van der Waals surface area contributed by atoms with Gasteiger partial charge in [0.25, 0.3) is 0 Å². The molecule has 144 valence electrons. The lowest BCUT2D eigenvalue weighted by molar-refractivity contribution is -0.120. The van der Waals surface area contributed by atoms with E-state index in [2.05, 4.69) is 39.7 Å². The van der Waals surface area contributed by atoms with E-state index in [1.54, 1.807) is 23.3 Å². The third-order valence-electron chi connectivity index (χ3n) is 4.83. The van der Waals surface area contributed by atoms with E-state index >= 15 is 0 Å². The number of nitrogens with one attached hydrogen (secondary N) is 1. The summed E-state index contributed by atoms with van der Waals surface area (Å²) in [6.45, 7) is 0.444. The molecule has 0 spiro atoms. The Hall–Kier alpha value is -3.73. The van der Waals surface area contributed by atoms with Crippen LogP contribution in [0.4, 0.5) is 0 Å². The summed E-state index contributed by atoms with van der Waals surface area (Å²) in [6, 6.07) is 22.3. The molecular weight excluding hydrogens is 360 g/mol. The van der Waals surface area contributed by atoms with E-state index in [4.69, 9.17) is 0 Å². The zero-order valence-corrected chi connectivity index (χ0v) is 16.2. The lowest BCUT2D eigenvalue weighted by atomic mass is 10.0. The summed E-state index contributed by atoms with van der Waals surface area (Å²) in [5, 5.41) is 7.17. The lowest BCUT2D eigenvalue weighted by Gasteiger charge is -2.08. The highest BCUT2D eigenvalue weighted by Crippen LogP contribution is 2.20. The molecular formula is C24H22N4O. The van der Waals surface area contributed by atoms with Gasteiger partial charge in [0.1, 0.15) is 0 Å². The molecule has 1 amide bonds. The molecule has 2 aromatic carbocycles. The minimum absolute atomic E-state index is 0.0107. The minimum Gasteiger partial charge on any atom is -0.352 e. The van der Waals surface area contributed by atoms with Gasteiger partial charge in [-0.15, -0.1) is 0 Å². The van der Waals surface area contributed by atoms with Crippen LogP contribution in [-0.2, 0) is 24.8 Å². The van der Waals surface area contributed by atoms with Gasteiger partial charge in [-0.25, -0.2) is 0 Å². The maximum absolute atomic E-state index is 12.4. The van der Waals surface area contributed by atoms with Crippen LogP contribution in [0, 0.1) is 0 Å². The summed E-state index contributed by atoms with van der Waals surface area (Å²) < 4.78 is 1.80. The topological polar surface area (TPSA) is 59.8 Å². The van der Waals surface area contributed by atoms with Crippen LogP contribution in [0.5, 0.6) is 0 Å². The third-order valence-corrected chi connectivity index (χ3v) is 4.83. The molecule has 0 aliphatic rings. The molecule has 5 nitrogen and oxygen atoms in total. The molecule has 0 aliphatic heterocycles. The molecule has 0 atom stereocenters. The highest BCUT2D eigenvalue weighted by atomic mass is 16.1.